The van der Waals surface area contributed by atoms with Crippen LogP contribution in [0.2, 0.25) is 0 Å². The first-order valence-corrected chi connectivity index (χ1v) is 13.5. The summed E-state index contributed by atoms with van der Waals surface area (Å²) in [7, 11) is 3.73. The molecule has 1 aliphatic carbocycles. The van der Waals surface area contributed by atoms with E-state index in [1.807, 2.05) is 42.9 Å². The zero-order chi connectivity index (χ0) is 24.0. The molecule has 3 aromatic heterocycles. The number of carbonyl (C=O) groups excluding carboxylic acids is 2. The smallest absolute Gasteiger partial charge is 0.278 e. The molecule has 1 aliphatic heterocycles. The summed E-state index contributed by atoms with van der Waals surface area (Å²) in [6.07, 6.45) is 5.96. The Bertz CT molecular complexity index is 1230. The van der Waals surface area contributed by atoms with E-state index in [9.17, 15) is 9.59 Å². The molecule has 4 heterocycles. The summed E-state index contributed by atoms with van der Waals surface area (Å²) < 4.78 is 1.83. The van der Waals surface area contributed by atoms with Gasteiger partial charge in [-0.15, -0.1) is 22.7 Å². The second-order valence-corrected chi connectivity index (χ2v) is 11.3. The average Bonchev–Trinajstić information content (AvgIpc) is 3.54. The molecule has 34 heavy (non-hydrogen) atoms. The van der Waals surface area contributed by atoms with E-state index in [-0.39, 0.29) is 17.7 Å². The fourth-order valence-electron chi connectivity index (χ4n) is 5.13. The highest BCUT2D eigenvalue weighted by Crippen LogP contribution is 2.33. The fraction of sp³-hybridized carbons (Fsp3) is 0.542. The maximum Gasteiger partial charge on any atom is 0.278 e. The van der Waals surface area contributed by atoms with Gasteiger partial charge in [-0.25, -0.2) is 9.97 Å². The first-order chi connectivity index (χ1) is 16.3. The van der Waals surface area contributed by atoms with Gasteiger partial charge in [0.25, 0.3) is 11.8 Å². The van der Waals surface area contributed by atoms with Crippen molar-refractivity contribution in [2.45, 2.75) is 58.3 Å². The van der Waals surface area contributed by atoms with E-state index >= 15 is 0 Å². The number of aryl methyl sites for hydroxylation is 4. The van der Waals surface area contributed by atoms with E-state index in [4.69, 9.17) is 4.98 Å². The van der Waals surface area contributed by atoms with E-state index in [1.165, 1.54) is 16.9 Å². The number of hydrogen-bond donors (Lipinski definition) is 0. The lowest BCUT2D eigenvalue weighted by atomic mass is 9.97. The Morgan fingerprint density at radius 3 is 2.56 bits per heavy atom. The number of hydrogen-bond acceptors (Lipinski definition) is 7. The molecule has 10 heteroatoms. The standard InChI is InChI=1S/C24H30N6O2S2/c1-14-20(34-15(2)25-14)24(32)30-11-9-16(10-12-30)21-26-19(13-33-21)23(31)28(3)22-17-7-5-6-8-18(17)27-29(22)4/h13,16H,5-12H2,1-4H3. The minimum absolute atomic E-state index is 0.0812. The van der Waals surface area contributed by atoms with Gasteiger partial charge in [0.15, 0.2) is 0 Å². The Kier molecular flexibility index (Phi) is 6.28. The van der Waals surface area contributed by atoms with Crippen molar-refractivity contribution in [2.24, 2.45) is 7.05 Å². The molecule has 0 atom stereocenters. The molecule has 0 unspecified atom stereocenters. The number of anilines is 1. The van der Waals surface area contributed by atoms with E-state index in [0.29, 0.717) is 18.8 Å². The van der Waals surface area contributed by atoms with Crippen LogP contribution in [0.4, 0.5) is 5.82 Å². The summed E-state index contributed by atoms with van der Waals surface area (Å²) in [5.41, 5.74) is 3.62. The molecule has 0 radical (unpaired) electrons. The Balaban J connectivity index is 1.25. The first kappa shape index (κ1) is 23.2. The number of amides is 2. The van der Waals surface area contributed by atoms with Gasteiger partial charge < -0.3 is 4.90 Å². The van der Waals surface area contributed by atoms with E-state index in [0.717, 1.165) is 70.6 Å². The van der Waals surface area contributed by atoms with Crippen LogP contribution in [0, 0.1) is 13.8 Å². The molecule has 8 nitrogen and oxygen atoms in total. The number of aromatic nitrogens is 4. The van der Waals surface area contributed by atoms with Gasteiger partial charge in [0, 0.05) is 44.0 Å². The van der Waals surface area contributed by atoms with Crippen LogP contribution in [0.5, 0.6) is 0 Å². The minimum atomic E-state index is -0.0949. The first-order valence-electron chi connectivity index (χ1n) is 11.8. The van der Waals surface area contributed by atoms with Gasteiger partial charge in [0.1, 0.15) is 16.4 Å². The maximum absolute atomic E-state index is 13.3. The summed E-state index contributed by atoms with van der Waals surface area (Å²) in [6, 6.07) is 0. The van der Waals surface area contributed by atoms with Gasteiger partial charge in [0.2, 0.25) is 0 Å². The van der Waals surface area contributed by atoms with Crippen LogP contribution in [0.1, 0.15) is 78.7 Å². The Labute approximate surface area is 207 Å². The predicted octanol–water partition coefficient (Wildman–Crippen LogP) is 4.13. The molecule has 0 aromatic carbocycles. The SMILES string of the molecule is Cc1nc(C)c(C(=O)N2CCC(c3nc(C(=O)N(C)c4c5c(nn4C)CCCC5)cs3)CC2)s1. The number of nitrogens with zero attached hydrogens (tertiary/aromatic N) is 6. The van der Waals surface area contributed by atoms with Gasteiger partial charge in [-0.05, 0) is 52.4 Å². The molecule has 2 aliphatic rings. The third-order valence-corrected chi connectivity index (χ3v) is 8.95. The van der Waals surface area contributed by atoms with Crippen molar-refractivity contribution in [1.82, 2.24) is 24.6 Å². The summed E-state index contributed by atoms with van der Waals surface area (Å²) in [6.45, 7) is 5.23. The van der Waals surface area contributed by atoms with E-state index in [1.54, 1.807) is 16.2 Å². The molecule has 2 amide bonds. The van der Waals surface area contributed by atoms with Gasteiger partial charge >= 0.3 is 0 Å². The molecule has 3 aromatic rings. The molecule has 1 fully saturated rings. The molecule has 0 saturated carbocycles. The van der Waals surface area contributed by atoms with Crippen molar-refractivity contribution in [3.05, 3.63) is 42.9 Å². The summed E-state index contributed by atoms with van der Waals surface area (Å²) in [5, 5.41) is 8.43. The number of thiazole rings is 2. The van der Waals surface area contributed by atoms with Crippen LogP contribution in [0.3, 0.4) is 0 Å². The lowest BCUT2D eigenvalue weighted by Crippen LogP contribution is -2.37. The van der Waals surface area contributed by atoms with Gasteiger partial charge in [0.05, 0.1) is 21.4 Å². The Hall–Kier alpha value is -2.59. The van der Waals surface area contributed by atoms with Gasteiger partial charge in [-0.1, -0.05) is 0 Å². The van der Waals surface area contributed by atoms with E-state index < -0.39 is 0 Å². The molecule has 0 spiro atoms. The molecule has 1 saturated heterocycles. The minimum Gasteiger partial charge on any atom is -0.338 e. The number of fused-ring (bicyclic) bond motifs is 1. The molecule has 5 rings (SSSR count). The topological polar surface area (TPSA) is 84.2 Å². The van der Waals surface area contributed by atoms with Crippen molar-refractivity contribution in [2.75, 3.05) is 25.0 Å². The van der Waals surface area contributed by atoms with Crippen LogP contribution in [0.25, 0.3) is 0 Å². The Morgan fingerprint density at radius 2 is 1.85 bits per heavy atom. The number of carbonyl (C=O) groups is 2. The van der Waals surface area contributed by atoms with Crippen molar-refractivity contribution in [3.63, 3.8) is 0 Å². The van der Waals surface area contributed by atoms with Gasteiger partial charge in [-0.3, -0.25) is 19.2 Å². The van der Waals surface area contributed by atoms with Crippen LogP contribution < -0.4 is 4.90 Å². The highest BCUT2D eigenvalue weighted by Gasteiger charge is 2.30. The quantitative estimate of drug-likeness (QED) is 0.540. The highest BCUT2D eigenvalue weighted by molar-refractivity contribution is 7.13. The zero-order valence-corrected chi connectivity index (χ0v) is 21.8. The summed E-state index contributed by atoms with van der Waals surface area (Å²) in [4.78, 5) is 39.7. The lowest BCUT2D eigenvalue weighted by Gasteiger charge is -2.30. The lowest BCUT2D eigenvalue weighted by molar-refractivity contribution is 0.0717. The zero-order valence-electron chi connectivity index (χ0n) is 20.1. The monoisotopic (exact) mass is 498 g/mol. The predicted molar refractivity (Wildman–Crippen MR) is 134 cm³/mol. The van der Waals surface area contributed by atoms with E-state index in [2.05, 4.69) is 10.1 Å². The normalized spacial score (nSPS) is 16.5. The maximum atomic E-state index is 13.3. The van der Waals surface area contributed by atoms with Crippen LogP contribution in [0.15, 0.2) is 5.38 Å². The molecular formula is C24H30N6O2S2. The number of likely N-dealkylation sites (tertiary alicyclic amines) is 1. The second-order valence-electron chi connectivity index (χ2n) is 9.23. The molecule has 0 N–H and O–H groups in total. The molecule has 0 bridgehead atoms. The second kappa shape index (κ2) is 9.22. The van der Waals surface area contributed by atoms with Crippen LogP contribution in [-0.2, 0) is 19.9 Å². The highest BCUT2D eigenvalue weighted by atomic mass is 32.1. The van der Waals surface area contributed by atoms with Crippen molar-refractivity contribution < 1.29 is 9.59 Å². The molecular weight excluding hydrogens is 468 g/mol. The van der Waals surface area contributed by atoms with Crippen LogP contribution in [-0.4, -0.2) is 56.6 Å². The van der Waals surface area contributed by atoms with Crippen molar-refractivity contribution in [1.29, 1.82) is 0 Å². The van der Waals surface area contributed by atoms with Crippen LogP contribution >= 0.6 is 22.7 Å². The van der Waals surface area contributed by atoms with Crippen molar-refractivity contribution in [3.8, 4) is 0 Å². The molecule has 180 valence electrons. The third-order valence-electron chi connectivity index (χ3n) is 6.88. The summed E-state index contributed by atoms with van der Waals surface area (Å²) >= 11 is 3.02. The number of rotatable bonds is 4. The number of piperidine rings is 1. The third kappa shape index (κ3) is 4.17. The van der Waals surface area contributed by atoms with Crippen molar-refractivity contribution >= 4 is 40.3 Å². The summed E-state index contributed by atoms with van der Waals surface area (Å²) in [5.74, 6) is 1.14. The van der Waals surface area contributed by atoms with Gasteiger partial charge in [-0.2, -0.15) is 5.10 Å². The Morgan fingerprint density at radius 1 is 1.12 bits per heavy atom. The average molecular weight is 499 g/mol. The largest absolute Gasteiger partial charge is 0.338 e. The fourth-order valence-corrected chi connectivity index (χ4v) is 6.98.